The Morgan fingerprint density at radius 2 is 2.00 bits per heavy atom. The van der Waals surface area contributed by atoms with Crippen LogP contribution in [0.2, 0.25) is 0 Å². The molecule has 1 aliphatic rings. The second kappa shape index (κ2) is 5.47. The number of allylic oxidation sites excluding steroid dienone is 1. The maximum Gasteiger partial charge on any atom is 0.314 e. The van der Waals surface area contributed by atoms with Crippen molar-refractivity contribution >= 4 is 16.7 Å². The van der Waals surface area contributed by atoms with Crippen molar-refractivity contribution in [1.29, 1.82) is 0 Å². The summed E-state index contributed by atoms with van der Waals surface area (Å²) in [6, 6.07) is 2.68. The highest BCUT2D eigenvalue weighted by Gasteiger charge is 2.15. The van der Waals surface area contributed by atoms with Crippen molar-refractivity contribution in [2.75, 3.05) is 6.54 Å². The highest BCUT2D eigenvalue weighted by atomic mass is 16.6. The summed E-state index contributed by atoms with van der Waals surface area (Å²) in [7, 11) is 0. The van der Waals surface area contributed by atoms with Gasteiger partial charge in [-0.15, -0.1) is 0 Å². The van der Waals surface area contributed by atoms with E-state index in [0.717, 1.165) is 19.4 Å². The van der Waals surface area contributed by atoms with Crippen molar-refractivity contribution in [2.24, 2.45) is 0 Å². The lowest BCUT2D eigenvalue weighted by Crippen LogP contribution is -2.29. The zero-order chi connectivity index (χ0) is 15.7. The number of aromatic amines is 2. The molecule has 2 aromatic rings. The molecule has 2 heterocycles. The molecule has 1 aromatic heterocycles. The molecule has 1 aromatic carbocycles. The summed E-state index contributed by atoms with van der Waals surface area (Å²) in [6.07, 6.45) is 6.00. The van der Waals surface area contributed by atoms with E-state index >= 15 is 0 Å². The Balaban J connectivity index is 2.16. The van der Waals surface area contributed by atoms with E-state index in [4.69, 9.17) is 0 Å². The van der Waals surface area contributed by atoms with Gasteiger partial charge in [0.05, 0.1) is 16.0 Å². The maximum absolute atomic E-state index is 11.5. The molecule has 0 saturated heterocycles. The van der Waals surface area contributed by atoms with Crippen LogP contribution >= 0.6 is 0 Å². The minimum atomic E-state index is -0.822. The number of hydrogen-bond donors (Lipinski definition) is 2. The number of non-ortho nitro benzene ring substituents is 1. The van der Waals surface area contributed by atoms with Gasteiger partial charge in [-0.2, -0.15) is 0 Å². The van der Waals surface area contributed by atoms with Crippen LogP contribution in [0.1, 0.15) is 18.4 Å². The first kappa shape index (κ1) is 14.1. The normalized spacial score (nSPS) is 14.5. The van der Waals surface area contributed by atoms with Gasteiger partial charge in [0.25, 0.3) is 5.69 Å². The monoisotopic (exact) mass is 302 g/mol. The third-order valence-corrected chi connectivity index (χ3v) is 3.61. The molecule has 2 N–H and O–H groups in total. The standard InChI is InChI=1S/C14H14N4O4/c19-13-14(20)16-12-9(8-17-4-2-1-3-5-17)6-10(18(21)22)7-11(12)15-13/h2,4,6-7H,1,3,5,8H2,(H,15,19)(H,16,20). The summed E-state index contributed by atoms with van der Waals surface area (Å²) < 4.78 is 0. The van der Waals surface area contributed by atoms with Gasteiger partial charge in [0, 0.05) is 30.8 Å². The van der Waals surface area contributed by atoms with Crippen molar-refractivity contribution in [3.63, 3.8) is 0 Å². The van der Waals surface area contributed by atoms with Crippen LogP contribution in [0, 0.1) is 10.1 Å². The van der Waals surface area contributed by atoms with E-state index in [0.29, 0.717) is 17.6 Å². The first-order valence-electron chi connectivity index (χ1n) is 6.89. The third kappa shape index (κ3) is 2.62. The predicted octanol–water partition coefficient (Wildman–Crippen LogP) is 1.23. The van der Waals surface area contributed by atoms with E-state index in [1.54, 1.807) is 0 Å². The number of nitrogens with zero attached hydrogens (tertiary/aromatic N) is 2. The van der Waals surface area contributed by atoms with Crippen LogP contribution < -0.4 is 11.1 Å². The fraction of sp³-hybridized carbons (Fsp3) is 0.286. The van der Waals surface area contributed by atoms with Crippen molar-refractivity contribution < 1.29 is 4.92 Å². The van der Waals surface area contributed by atoms with Crippen molar-refractivity contribution in [3.8, 4) is 0 Å². The molecule has 0 fully saturated rings. The summed E-state index contributed by atoms with van der Waals surface area (Å²) in [6.45, 7) is 1.27. The highest BCUT2D eigenvalue weighted by molar-refractivity contribution is 5.80. The van der Waals surface area contributed by atoms with Crippen LogP contribution in [0.5, 0.6) is 0 Å². The molecule has 3 rings (SSSR count). The Morgan fingerprint density at radius 3 is 2.68 bits per heavy atom. The Labute approximate surface area is 124 Å². The minimum absolute atomic E-state index is 0.119. The molecule has 0 aliphatic carbocycles. The lowest BCUT2D eigenvalue weighted by molar-refractivity contribution is -0.384. The van der Waals surface area contributed by atoms with E-state index in [9.17, 15) is 19.7 Å². The lowest BCUT2D eigenvalue weighted by Gasteiger charge is -2.23. The molecule has 0 unspecified atom stereocenters. The molecule has 0 saturated carbocycles. The summed E-state index contributed by atoms with van der Waals surface area (Å²) >= 11 is 0. The summed E-state index contributed by atoms with van der Waals surface area (Å²) in [5, 5.41) is 11.1. The Hall–Kier alpha value is -2.90. The van der Waals surface area contributed by atoms with E-state index in [-0.39, 0.29) is 11.2 Å². The molecular formula is C14H14N4O4. The lowest BCUT2D eigenvalue weighted by atomic mass is 10.1. The third-order valence-electron chi connectivity index (χ3n) is 3.61. The Morgan fingerprint density at radius 1 is 1.23 bits per heavy atom. The fourth-order valence-electron chi connectivity index (χ4n) is 2.57. The second-order valence-electron chi connectivity index (χ2n) is 5.19. The topological polar surface area (TPSA) is 112 Å². The second-order valence-corrected chi connectivity index (χ2v) is 5.19. The number of hydrogen-bond acceptors (Lipinski definition) is 5. The van der Waals surface area contributed by atoms with Crippen LogP contribution in [0.25, 0.3) is 11.0 Å². The summed E-state index contributed by atoms with van der Waals surface area (Å²) in [4.78, 5) is 40.4. The SMILES string of the molecule is O=c1[nH]c2cc([N+](=O)[O-])cc(CN3C=CCCC3)c2[nH]c1=O. The molecule has 0 amide bonds. The largest absolute Gasteiger partial charge is 0.373 e. The molecule has 0 atom stereocenters. The molecule has 0 spiro atoms. The quantitative estimate of drug-likeness (QED) is 0.503. The zero-order valence-electron chi connectivity index (χ0n) is 11.7. The summed E-state index contributed by atoms with van der Waals surface area (Å²) in [5.74, 6) is 0. The number of nitrogens with one attached hydrogen (secondary N) is 2. The first-order chi connectivity index (χ1) is 10.5. The van der Waals surface area contributed by atoms with Gasteiger partial charge in [0.2, 0.25) is 0 Å². The molecule has 22 heavy (non-hydrogen) atoms. The van der Waals surface area contributed by atoms with Gasteiger partial charge in [-0.05, 0) is 19.0 Å². The predicted molar refractivity (Wildman–Crippen MR) is 80.6 cm³/mol. The van der Waals surface area contributed by atoms with Gasteiger partial charge in [0.15, 0.2) is 0 Å². The first-order valence-corrected chi connectivity index (χ1v) is 6.89. The maximum atomic E-state index is 11.5. The summed E-state index contributed by atoms with van der Waals surface area (Å²) in [5.41, 5.74) is -0.423. The smallest absolute Gasteiger partial charge is 0.314 e. The highest BCUT2D eigenvalue weighted by Crippen LogP contribution is 2.23. The van der Waals surface area contributed by atoms with Gasteiger partial charge in [-0.1, -0.05) is 6.08 Å². The molecule has 8 nitrogen and oxygen atoms in total. The molecule has 114 valence electrons. The Kier molecular flexibility index (Phi) is 3.50. The number of rotatable bonds is 3. The fourth-order valence-corrected chi connectivity index (χ4v) is 2.57. The number of aromatic nitrogens is 2. The van der Waals surface area contributed by atoms with Crippen LogP contribution in [-0.4, -0.2) is 26.3 Å². The average molecular weight is 302 g/mol. The zero-order valence-corrected chi connectivity index (χ0v) is 11.7. The van der Waals surface area contributed by atoms with Gasteiger partial charge in [-0.3, -0.25) is 19.7 Å². The molecule has 0 bridgehead atoms. The minimum Gasteiger partial charge on any atom is -0.373 e. The van der Waals surface area contributed by atoms with Crippen LogP contribution in [0.4, 0.5) is 5.69 Å². The molecule has 1 aliphatic heterocycles. The van der Waals surface area contributed by atoms with Crippen molar-refractivity contribution in [3.05, 3.63) is 60.8 Å². The number of nitro groups is 1. The van der Waals surface area contributed by atoms with Crippen LogP contribution in [-0.2, 0) is 6.54 Å². The van der Waals surface area contributed by atoms with E-state index in [1.165, 1.54) is 12.1 Å². The van der Waals surface area contributed by atoms with E-state index < -0.39 is 16.0 Å². The van der Waals surface area contributed by atoms with Crippen LogP contribution in [0.15, 0.2) is 34.0 Å². The van der Waals surface area contributed by atoms with E-state index in [1.807, 2.05) is 17.2 Å². The average Bonchev–Trinajstić information content (AvgIpc) is 2.50. The Bertz CT molecular complexity index is 881. The number of nitro benzene ring substituents is 1. The number of H-pyrrole nitrogens is 2. The molecule has 8 heteroatoms. The van der Waals surface area contributed by atoms with Crippen LogP contribution in [0.3, 0.4) is 0 Å². The van der Waals surface area contributed by atoms with E-state index in [2.05, 4.69) is 9.97 Å². The molecular weight excluding hydrogens is 288 g/mol. The van der Waals surface area contributed by atoms with Gasteiger partial charge < -0.3 is 14.9 Å². The van der Waals surface area contributed by atoms with Gasteiger partial charge in [0.1, 0.15) is 0 Å². The molecule has 0 radical (unpaired) electrons. The number of benzene rings is 1. The van der Waals surface area contributed by atoms with Crippen molar-refractivity contribution in [2.45, 2.75) is 19.4 Å². The van der Waals surface area contributed by atoms with Gasteiger partial charge >= 0.3 is 11.1 Å². The van der Waals surface area contributed by atoms with Gasteiger partial charge in [-0.25, -0.2) is 0 Å². The van der Waals surface area contributed by atoms with Crippen molar-refractivity contribution in [1.82, 2.24) is 14.9 Å². The number of fused-ring (bicyclic) bond motifs is 1.